The second kappa shape index (κ2) is 9.15. The number of fused-ring (bicyclic) bond motifs is 1. The maximum atomic E-state index is 12.8. The van der Waals surface area contributed by atoms with E-state index in [1.54, 1.807) is 16.7 Å². The second-order valence-electron chi connectivity index (χ2n) is 7.42. The number of amides is 1. The lowest BCUT2D eigenvalue weighted by molar-refractivity contribution is -0.130. The molecule has 0 bridgehead atoms. The van der Waals surface area contributed by atoms with Crippen LogP contribution in [0.2, 0.25) is 0 Å². The van der Waals surface area contributed by atoms with E-state index in [0.717, 1.165) is 39.2 Å². The fourth-order valence-corrected chi connectivity index (χ4v) is 3.80. The van der Waals surface area contributed by atoms with Crippen LogP contribution in [0.5, 0.6) is 11.6 Å². The Morgan fingerprint density at radius 1 is 1.23 bits per heavy atom. The lowest BCUT2D eigenvalue weighted by Crippen LogP contribution is -2.26. The van der Waals surface area contributed by atoms with Crippen LogP contribution in [0.3, 0.4) is 0 Å². The van der Waals surface area contributed by atoms with Crippen LogP contribution < -0.4 is 9.47 Å². The number of carbonyl (C=O) groups excluding carboxylic acids is 1. The summed E-state index contributed by atoms with van der Waals surface area (Å²) >= 11 is 0. The van der Waals surface area contributed by atoms with Gasteiger partial charge in [-0.15, -0.1) is 5.10 Å². The average molecular weight is 411 g/mol. The number of para-hydroxylation sites is 1. The van der Waals surface area contributed by atoms with Crippen molar-refractivity contribution in [1.29, 1.82) is 0 Å². The van der Waals surface area contributed by atoms with Crippen molar-refractivity contribution in [2.75, 3.05) is 20.8 Å². The number of carbonyl (C=O) groups is 1. The molecule has 0 unspecified atom stereocenters. The summed E-state index contributed by atoms with van der Waals surface area (Å²) in [5.74, 6) is 1.47. The molecule has 3 rings (SSSR count). The quantitative estimate of drug-likeness (QED) is 0.568. The zero-order chi connectivity index (χ0) is 21.8. The highest BCUT2D eigenvalue weighted by Crippen LogP contribution is 2.30. The number of hydrogen-bond acceptors (Lipinski definition) is 5. The highest BCUT2D eigenvalue weighted by atomic mass is 16.5. The zero-order valence-electron chi connectivity index (χ0n) is 18.7. The molecule has 30 heavy (non-hydrogen) atoms. The minimum Gasteiger partial charge on any atom is -0.494 e. The molecule has 0 aliphatic heterocycles. The van der Waals surface area contributed by atoms with E-state index in [9.17, 15) is 4.79 Å². The van der Waals surface area contributed by atoms with Crippen molar-refractivity contribution in [3.63, 3.8) is 0 Å². The Hall–Kier alpha value is -3.09. The molecule has 0 aliphatic carbocycles. The molecule has 0 radical (unpaired) electrons. The summed E-state index contributed by atoms with van der Waals surface area (Å²) < 4.78 is 12.8. The Balaban J connectivity index is 1.75. The van der Waals surface area contributed by atoms with Crippen molar-refractivity contribution in [1.82, 2.24) is 19.7 Å². The first-order valence-corrected chi connectivity index (χ1v) is 10.2. The van der Waals surface area contributed by atoms with Crippen LogP contribution in [-0.4, -0.2) is 46.3 Å². The standard InChI is InChI=1S/C23H30N4O3/c1-7-30-19-11-9-8-10-17(19)14-26(4)20(28)13-12-18-15(2)21-22(24-16(18)3)27(5)25-23(21)29-6/h8-11H,7,12-14H2,1-6H3. The molecule has 0 atom stereocenters. The SMILES string of the molecule is CCOc1ccccc1CN(C)C(=O)CCc1c(C)nc2c(c(OC)nn2C)c1C. The predicted molar refractivity (Wildman–Crippen MR) is 117 cm³/mol. The first-order chi connectivity index (χ1) is 14.4. The van der Waals surface area contributed by atoms with E-state index in [4.69, 9.17) is 14.5 Å². The molecule has 0 saturated carbocycles. The van der Waals surface area contributed by atoms with Gasteiger partial charge in [0.2, 0.25) is 11.8 Å². The highest BCUT2D eigenvalue weighted by Gasteiger charge is 2.19. The van der Waals surface area contributed by atoms with Crippen molar-refractivity contribution in [2.45, 2.75) is 40.2 Å². The van der Waals surface area contributed by atoms with Gasteiger partial charge in [-0.05, 0) is 44.4 Å². The van der Waals surface area contributed by atoms with Crippen molar-refractivity contribution >= 4 is 16.9 Å². The van der Waals surface area contributed by atoms with Crippen LogP contribution in [0.1, 0.15) is 35.7 Å². The molecule has 0 spiro atoms. The maximum absolute atomic E-state index is 12.8. The van der Waals surface area contributed by atoms with Crippen molar-refractivity contribution in [3.8, 4) is 11.6 Å². The Labute approximate surface area is 177 Å². The van der Waals surface area contributed by atoms with Crippen LogP contribution in [0.4, 0.5) is 0 Å². The number of hydrogen-bond donors (Lipinski definition) is 0. The molecule has 0 fully saturated rings. The monoisotopic (exact) mass is 410 g/mol. The van der Waals surface area contributed by atoms with Gasteiger partial charge in [-0.1, -0.05) is 18.2 Å². The molecule has 0 saturated heterocycles. The van der Waals surface area contributed by atoms with Crippen molar-refractivity contribution in [3.05, 3.63) is 46.6 Å². The van der Waals surface area contributed by atoms with Gasteiger partial charge in [0.05, 0.1) is 19.1 Å². The Bertz CT molecular complexity index is 1060. The number of methoxy groups -OCH3 is 1. The van der Waals surface area contributed by atoms with Crippen molar-refractivity contribution < 1.29 is 14.3 Å². The van der Waals surface area contributed by atoms with Gasteiger partial charge in [0.1, 0.15) is 5.75 Å². The summed E-state index contributed by atoms with van der Waals surface area (Å²) in [7, 11) is 5.30. The summed E-state index contributed by atoms with van der Waals surface area (Å²) in [6, 6.07) is 7.84. The third-order valence-electron chi connectivity index (χ3n) is 5.41. The summed E-state index contributed by atoms with van der Waals surface area (Å²) in [4.78, 5) is 19.3. The van der Waals surface area contributed by atoms with Gasteiger partial charge < -0.3 is 14.4 Å². The van der Waals surface area contributed by atoms with Crippen molar-refractivity contribution in [2.24, 2.45) is 7.05 Å². The number of aromatic nitrogens is 3. The van der Waals surface area contributed by atoms with Crippen LogP contribution in [-0.2, 0) is 24.8 Å². The first kappa shape index (κ1) is 21.6. The van der Waals surface area contributed by atoms with Gasteiger partial charge in [-0.3, -0.25) is 4.79 Å². The molecule has 0 N–H and O–H groups in total. The van der Waals surface area contributed by atoms with Crippen LogP contribution in [0.25, 0.3) is 11.0 Å². The topological polar surface area (TPSA) is 69.5 Å². The summed E-state index contributed by atoms with van der Waals surface area (Å²) in [6.45, 7) is 7.09. The zero-order valence-corrected chi connectivity index (χ0v) is 18.7. The van der Waals surface area contributed by atoms with E-state index < -0.39 is 0 Å². The molecule has 2 heterocycles. The first-order valence-electron chi connectivity index (χ1n) is 10.2. The number of nitrogens with zero attached hydrogens (tertiary/aromatic N) is 4. The van der Waals surface area contributed by atoms with Crippen LogP contribution >= 0.6 is 0 Å². The number of aryl methyl sites for hydroxylation is 3. The molecule has 1 aromatic carbocycles. The molecular formula is C23H30N4O3. The van der Waals surface area contributed by atoms with E-state index in [2.05, 4.69) is 5.10 Å². The fraction of sp³-hybridized carbons (Fsp3) is 0.435. The Morgan fingerprint density at radius 3 is 2.67 bits per heavy atom. The molecule has 160 valence electrons. The third-order valence-corrected chi connectivity index (χ3v) is 5.41. The molecule has 7 nitrogen and oxygen atoms in total. The molecular weight excluding hydrogens is 380 g/mol. The minimum absolute atomic E-state index is 0.0818. The molecule has 0 aliphatic rings. The van der Waals surface area contributed by atoms with E-state index in [0.29, 0.717) is 31.9 Å². The molecule has 3 aromatic rings. The minimum atomic E-state index is 0.0818. The fourth-order valence-electron chi connectivity index (χ4n) is 3.80. The molecule has 1 amide bonds. The normalized spacial score (nSPS) is 11.0. The number of benzene rings is 1. The number of pyridine rings is 1. The predicted octanol–water partition coefficient (Wildman–Crippen LogP) is 3.58. The van der Waals surface area contributed by atoms with Gasteiger partial charge in [0.25, 0.3) is 0 Å². The highest BCUT2D eigenvalue weighted by molar-refractivity contribution is 5.86. The van der Waals surface area contributed by atoms with E-state index in [1.165, 1.54) is 0 Å². The number of ether oxygens (including phenoxy) is 2. The molecule has 2 aromatic heterocycles. The second-order valence-corrected chi connectivity index (χ2v) is 7.42. The summed E-state index contributed by atoms with van der Waals surface area (Å²) in [6.07, 6.45) is 1.03. The lowest BCUT2D eigenvalue weighted by Gasteiger charge is -2.20. The average Bonchev–Trinajstić information content (AvgIpc) is 3.05. The van der Waals surface area contributed by atoms with E-state index in [1.807, 2.05) is 59.1 Å². The van der Waals surface area contributed by atoms with Gasteiger partial charge in [0, 0.05) is 38.3 Å². The van der Waals surface area contributed by atoms with Crippen LogP contribution in [0.15, 0.2) is 24.3 Å². The summed E-state index contributed by atoms with van der Waals surface area (Å²) in [5.41, 5.74) is 4.86. The summed E-state index contributed by atoms with van der Waals surface area (Å²) in [5, 5.41) is 5.30. The van der Waals surface area contributed by atoms with Crippen LogP contribution in [0, 0.1) is 13.8 Å². The third kappa shape index (κ3) is 4.25. The smallest absolute Gasteiger partial charge is 0.242 e. The maximum Gasteiger partial charge on any atom is 0.242 e. The number of rotatable bonds is 8. The molecule has 7 heteroatoms. The van der Waals surface area contributed by atoms with E-state index >= 15 is 0 Å². The van der Waals surface area contributed by atoms with Gasteiger partial charge in [0.15, 0.2) is 5.65 Å². The van der Waals surface area contributed by atoms with Gasteiger partial charge >= 0.3 is 0 Å². The largest absolute Gasteiger partial charge is 0.494 e. The lowest BCUT2D eigenvalue weighted by atomic mass is 10.00. The van der Waals surface area contributed by atoms with Gasteiger partial charge in [-0.2, -0.15) is 0 Å². The van der Waals surface area contributed by atoms with Gasteiger partial charge in [-0.25, -0.2) is 9.67 Å². The Kier molecular flexibility index (Phi) is 6.59. The Morgan fingerprint density at radius 2 is 1.97 bits per heavy atom. The van der Waals surface area contributed by atoms with E-state index in [-0.39, 0.29) is 5.91 Å².